The van der Waals surface area contributed by atoms with Gasteiger partial charge in [-0.1, -0.05) is 30.9 Å². The Balaban J connectivity index is 2.06. The Hall–Kier alpha value is -0.780. The summed E-state index contributed by atoms with van der Waals surface area (Å²) in [5, 5.41) is 0.126. The predicted molar refractivity (Wildman–Crippen MR) is 81.3 cm³/mol. The molecular formula is C14H16Cl2O4S. The molecule has 0 heterocycles. The molecular weight excluding hydrogens is 335 g/mol. The molecule has 2 rings (SSSR count). The smallest absolute Gasteiger partial charge is 0.338 e. The van der Waals surface area contributed by atoms with Crippen molar-refractivity contribution in [1.29, 1.82) is 0 Å². The second-order valence-electron chi connectivity index (χ2n) is 5.22. The lowest BCUT2D eigenvalue weighted by Crippen LogP contribution is -2.17. The van der Waals surface area contributed by atoms with Crippen molar-refractivity contribution >= 4 is 37.3 Å². The van der Waals surface area contributed by atoms with E-state index >= 15 is 0 Å². The fourth-order valence-electron chi connectivity index (χ4n) is 2.45. The zero-order valence-electron chi connectivity index (χ0n) is 11.3. The van der Waals surface area contributed by atoms with Crippen LogP contribution in [0.3, 0.4) is 0 Å². The van der Waals surface area contributed by atoms with Crippen LogP contribution in [0, 0.1) is 5.92 Å². The fourth-order valence-corrected chi connectivity index (χ4v) is 3.55. The summed E-state index contributed by atoms with van der Waals surface area (Å²) in [6, 6.07) is 3.75. The van der Waals surface area contributed by atoms with Crippen LogP contribution in [0.15, 0.2) is 23.1 Å². The summed E-state index contributed by atoms with van der Waals surface area (Å²) < 4.78 is 27.9. The zero-order valence-corrected chi connectivity index (χ0v) is 13.7. The van der Waals surface area contributed by atoms with Crippen LogP contribution in [0.4, 0.5) is 0 Å². The molecule has 0 N–H and O–H groups in total. The van der Waals surface area contributed by atoms with E-state index in [-0.39, 0.29) is 15.5 Å². The van der Waals surface area contributed by atoms with E-state index in [9.17, 15) is 13.2 Å². The van der Waals surface area contributed by atoms with Gasteiger partial charge in [-0.25, -0.2) is 13.2 Å². The van der Waals surface area contributed by atoms with E-state index in [2.05, 4.69) is 0 Å². The lowest BCUT2D eigenvalue weighted by Gasteiger charge is -2.21. The average Bonchev–Trinajstić information content (AvgIpc) is 2.44. The number of hydrogen-bond donors (Lipinski definition) is 0. The van der Waals surface area contributed by atoms with Crippen molar-refractivity contribution in [2.45, 2.75) is 37.0 Å². The summed E-state index contributed by atoms with van der Waals surface area (Å²) in [6.45, 7) is 0.355. The number of benzene rings is 1. The van der Waals surface area contributed by atoms with E-state index in [0.717, 1.165) is 25.7 Å². The summed E-state index contributed by atoms with van der Waals surface area (Å²) in [7, 11) is 1.33. The van der Waals surface area contributed by atoms with Crippen LogP contribution in [0.5, 0.6) is 0 Å². The van der Waals surface area contributed by atoms with Crippen LogP contribution < -0.4 is 0 Å². The third-order valence-corrected chi connectivity index (χ3v) is 5.11. The molecule has 7 heteroatoms. The van der Waals surface area contributed by atoms with Crippen LogP contribution in [-0.4, -0.2) is 21.0 Å². The average molecular weight is 351 g/mol. The summed E-state index contributed by atoms with van der Waals surface area (Å²) in [5.74, 6) is -0.192. The molecule has 0 spiro atoms. The van der Waals surface area contributed by atoms with E-state index in [0.29, 0.717) is 12.5 Å². The summed E-state index contributed by atoms with van der Waals surface area (Å²) in [6.07, 6.45) is 5.67. The maximum Gasteiger partial charge on any atom is 0.338 e. The van der Waals surface area contributed by atoms with Gasteiger partial charge >= 0.3 is 5.97 Å². The molecule has 0 unspecified atom stereocenters. The van der Waals surface area contributed by atoms with E-state index < -0.39 is 15.0 Å². The monoisotopic (exact) mass is 350 g/mol. The van der Waals surface area contributed by atoms with E-state index in [1.54, 1.807) is 0 Å². The third-order valence-electron chi connectivity index (χ3n) is 3.56. The van der Waals surface area contributed by atoms with Gasteiger partial charge in [-0.2, -0.15) is 0 Å². The van der Waals surface area contributed by atoms with Crippen molar-refractivity contribution in [3.63, 3.8) is 0 Å². The molecule has 1 aromatic carbocycles. The number of rotatable bonds is 4. The summed E-state index contributed by atoms with van der Waals surface area (Å²) >= 11 is 5.82. The lowest BCUT2D eigenvalue weighted by molar-refractivity contribution is 0.0410. The topological polar surface area (TPSA) is 60.4 Å². The highest BCUT2D eigenvalue weighted by Gasteiger charge is 2.19. The Morgan fingerprint density at radius 1 is 1.19 bits per heavy atom. The number of halogens is 2. The van der Waals surface area contributed by atoms with Crippen molar-refractivity contribution in [2.75, 3.05) is 6.61 Å². The van der Waals surface area contributed by atoms with Crippen LogP contribution in [-0.2, 0) is 13.8 Å². The van der Waals surface area contributed by atoms with Gasteiger partial charge in [0.25, 0.3) is 9.05 Å². The quantitative estimate of drug-likeness (QED) is 0.608. The molecule has 0 amide bonds. The number of carbonyl (C=O) groups excluding carboxylic acids is 1. The molecule has 1 saturated carbocycles. The highest BCUT2D eigenvalue weighted by Crippen LogP contribution is 2.25. The normalized spacial score (nSPS) is 16.7. The minimum atomic E-state index is -3.94. The van der Waals surface area contributed by atoms with Crippen molar-refractivity contribution in [2.24, 2.45) is 5.92 Å². The van der Waals surface area contributed by atoms with Gasteiger partial charge in [-0.05, 0) is 37.0 Å². The Bertz CT molecular complexity index is 622. The number of carbonyl (C=O) groups is 1. The van der Waals surface area contributed by atoms with E-state index in [1.807, 2.05) is 0 Å². The SMILES string of the molecule is O=C(OCC1CCCCC1)c1cc(Cl)cc(S(=O)(=O)Cl)c1. The van der Waals surface area contributed by atoms with Gasteiger partial charge in [0.1, 0.15) is 0 Å². The Morgan fingerprint density at radius 2 is 1.86 bits per heavy atom. The van der Waals surface area contributed by atoms with Gasteiger partial charge in [0.2, 0.25) is 0 Å². The van der Waals surface area contributed by atoms with Crippen molar-refractivity contribution < 1.29 is 17.9 Å². The van der Waals surface area contributed by atoms with Crippen LogP contribution >= 0.6 is 22.3 Å². The third kappa shape index (κ3) is 4.87. The molecule has 0 saturated heterocycles. The molecule has 21 heavy (non-hydrogen) atoms. The molecule has 1 aliphatic rings. The maximum atomic E-state index is 12.0. The van der Waals surface area contributed by atoms with E-state index in [1.165, 1.54) is 24.6 Å². The largest absolute Gasteiger partial charge is 0.462 e. The lowest BCUT2D eigenvalue weighted by atomic mass is 9.90. The molecule has 0 atom stereocenters. The highest BCUT2D eigenvalue weighted by molar-refractivity contribution is 8.13. The highest BCUT2D eigenvalue weighted by atomic mass is 35.7. The minimum absolute atomic E-state index is 0.0949. The molecule has 0 aliphatic heterocycles. The Morgan fingerprint density at radius 3 is 2.48 bits per heavy atom. The van der Waals surface area contributed by atoms with Gasteiger partial charge in [0.15, 0.2) is 0 Å². The first kappa shape index (κ1) is 16.6. The van der Waals surface area contributed by atoms with Gasteiger partial charge in [0, 0.05) is 15.7 Å². The number of hydrogen-bond acceptors (Lipinski definition) is 4. The minimum Gasteiger partial charge on any atom is -0.462 e. The van der Waals surface area contributed by atoms with Crippen molar-refractivity contribution in [3.05, 3.63) is 28.8 Å². The molecule has 116 valence electrons. The summed E-state index contributed by atoms with van der Waals surface area (Å²) in [5.41, 5.74) is 0.0949. The fraction of sp³-hybridized carbons (Fsp3) is 0.500. The second-order valence-corrected chi connectivity index (χ2v) is 8.22. The van der Waals surface area contributed by atoms with Crippen LogP contribution in [0.1, 0.15) is 42.5 Å². The predicted octanol–water partition coefficient (Wildman–Crippen LogP) is 4.00. The summed E-state index contributed by atoms with van der Waals surface area (Å²) in [4.78, 5) is 11.8. The molecule has 4 nitrogen and oxygen atoms in total. The zero-order chi connectivity index (χ0) is 15.5. The second kappa shape index (κ2) is 6.99. The van der Waals surface area contributed by atoms with E-state index in [4.69, 9.17) is 27.0 Å². The van der Waals surface area contributed by atoms with Crippen molar-refractivity contribution in [1.82, 2.24) is 0 Å². The first-order valence-corrected chi connectivity index (χ1v) is 9.47. The molecule has 0 radical (unpaired) electrons. The molecule has 1 aromatic rings. The molecule has 1 fully saturated rings. The first-order valence-electron chi connectivity index (χ1n) is 6.78. The van der Waals surface area contributed by atoms with Gasteiger partial charge in [-0.15, -0.1) is 0 Å². The standard InChI is InChI=1S/C14H16Cl2O4S/c15-12-6-11(7-13(8-12)21(16,18)19)14(17)20-9-10-4-2-1-3-5-10/h6-8,10H,1-5,9H2. The van der Waals surface area contributed by atoms with Crippen molar-refractivity contribution in [3.8, 4) is 0 Å². The van der Waals surface area contributed by atoms with Crippen LogP contribution in [0.25, 0.3) is 0 Å². The van der Waals surface area contributed by atoms with Gasteiger partial charge in [-0.3, -0.25) is 0 Å². The Labute approximate surface area is 133 Å². The molecule has 0 aromatic heterocycles. The number of ether oxygens (including phenoxy) is 1. The molecule has 1 aliphatic carbocycles. The number of esters is 1. The van der Waals surface area contributed by atoms with Gasteiger partial charge < -0.3 is 4.74 Å². The van der Waals surface area contributed by atoms with Crippen LogP contribution in [0.2, 0.25) is 5.02 Å². The van der Waals surface area contributed by atoms with Gasteiger partial charge in [0.05, 0.1) is 17.1 Å². The maximum absolute atomic E-state index is 12.0. The Kier molecular flexibility index (Phi) is 5.52. The molecule has 0 bridgehead atoms. The first-order chi connectivity index (χ1) is 9.86.